The third-order valence-corrected chi connectivity index (χ3v) is 3.23. The first-order valence-corrected chi connectivity index (χ1v) is 6.72. The fourth-order valence-electron chi connectivity index (χ4n) is 2.16. The van der Waals surface area contributed by atoms with Gasteiger partial charge in [-0.1, -0.05) is 42.0 Å². The third-order valence-electron chi connectivity index (χ3n) is 3.23. The summed E-state index contributed by atoms with van der Waals surface area (Å²) < 4.78 is 40.2. The van der Waals surface area contributed by atoms with Gasteiger partial charge in [-0.2, -0.15) is 13.2 Å². The number of alkyl halides is 3. The number of pyridine rings is 1. The van der Waals surface area contributed by atoms with Gasteiger partial charge in [0.15, 0.2) is 0 Å². The first-order chi connectivity index (χ1) is 10.2. The summed E-state index contributed by atoms with van der Waals surface area (Å²) in [5.74, 6) is 0. The van der Waals surface area contributed by atoms with Gasteiger partial charge in [0.2, 0.25) is 0 Å². The van der Waals surface area contributed by atoms with E-state index < -0.39 is 17.3 Å². The topological polar surface area (TPSA) is 22.0 Å². The summed E-state index contributed by atoms with van der Waals surface area (Å²) in [6.07, 6.45) is -4.55. The van der Waals surface area contributed by atoms with Crippen LogP contribution in [0.1, 0.15) is 18.1 Å². The van der Waals surface area contributed by atoms with Crippen LogP contribution in [-0.2, 0) is 12.7 Å². The zero-order valence-corrected chi connectivity index (χ0v) is 12.4. The average Bonchev–Trinajstić information content (AvgIpc) is 2.40. The van der Waals surface area contributed by atoms with Crippen molar-refractivity contribution >= 4 is 0 Å². The van der Waals surface area contributed by atoms with Gasteiger partial charge < -0.3 is 4.57 Å². The molecular weight excluding hydrogens is 291 g/mol. The Bertz CT molecular complexity index is 755. The summed E-state index contributed by atoms with van der Waals surface area (Å²) in [5.41, 5.74) is 0.858. The molecule has 1 aromatic heterocycles. The van der Waals surface area contributed by atoms with Gasteiger partial charge in [0, 0.05) is 12.6 Å². The van der Waals surface area contributed by atoms with E-state index in [1.807, 2.05) is 6.92 Å². The Kier molecular flexibility index (Phi) is 4.26. The van der Waals surface area contributed by atoms with Crippen LogP contribution in [-0.4, -0.2) is 4.57 Å². The van der Waals surface area contributed by atoms with E-state index in [0.29, 0.717) is 17.2 Å². The van der Waals surface area contributed by atoms with Crippen molar-refractivity contribution in [3.05, 3.63) is 70.0 Å². The first-order valence-electron chi connectivity index (χ1n) is 6.72. The standard InChI is InChI=1S/C17H16F3NO/c1-11(2)10-21-15(13-6-4-12(3)5-7-13)8-14(9-16(21)22)17(18,19)20/h4-9H,1,10H2,2-3H3. The van der Waals surface area contributed by atoms with Crippen LogP contribution in [0.2, 0.25) is 0 Å². The van der Waals surface area contributed by atoms with Gasteiger partial charge in [0.1, 0.15) is 0 Å². The molecule has 0 aliphatic carbocycles. The molecule has 0 radical (unpaired) electrons. The molecule has 0 spiro atoms. The van der Waals surface area contributed by atoms with Gasteiger partial charge in [-0.3, -0.25) is 4.79 Å². The minimum Gasteiger partial charge on any atom is -0.304 e. The van der Waals surface area contributed by atoms with Crippen molar-refractivity contribution in [3.63, 3.8) is 0 Å². The van der Waals surface area contributed by atoms with Crippen LogP contribution in [0.25, 0.3) is 11.3 Å². The van der Waals surface area contributed by atoms with Crippen molar-refractivity contribution in [2.45, 2.75) is 26.6 Å². The molecular formula is C17H16F3NO. The lowest BCUT2D eigenvalue weighted by atomic mass is 10.1. The molecule has 0 saturated heterocycles. The molecule has 1 heterocycles. The molecule has 2 aromatic rings. The van der Waals surface area contributed by atoms with Crippen molar-refractivity contribution in [2.75, 3.05) is 0 Å². The maximum atomic E-state index is 13.0. The number of nitrogens with zero attached hydrogens (tertiary/aromatic N) is 1. The second-order valence-electron chi connectivity index (χ2n) is 5.37. The molecule has 0 aliphatic rings. The molecule has 0 amide bonds. The molecule has 0 atom stereocenters. The highest BCUT2D eigenvalue weighted by Gasteiger charge is 2.32. The van der Waals surface area contributed by atoms with Crippen molar-refractivity contribution in [1.29, 1.82) is 0 Å². The molecule has 116 valence electrons. The van der Waals surface area contributed by atoms with Crippen LogP contribution in [0, 0.1) is 6.92 Å². The number of aryl methyl sites for hydroxylation is 1. The van der Waals surface area contributed by atoms with Gasteiger partial charge in [0.05, 0.1) is 11.3 Å². The molecule has 1 aromatic carbocycles. The zero-order chi connectivity index (χ0) is 16.5. The molecule has 5 heteroatoms. The lowest BCUT2D eigenvalue weighted by Crippen LogP contribution is -2.24. The molecule has 22 heavy (non-hydrogen) atoms. The number of halogens is 3. The second kappa shape index (κ2) is 5.83. The summed E-state index contributed by atoms with van der Waals surface area (Å²) in [6.45, 7) is 7.52. The van der Waals surface area contributed by atoms with E-state index in [2.05, 4.69) is 6.58 Å². The van der Waals surface area contributed by atoms with Crippen LogP contribution < -0.4 is 5.56 Å². The Labute approximate surface area is 126 Å². The lowest BCUT2D eigenvalue weighted by molar-refractivity contribution is -0.137. The number of aromatic nitrogens is 1. The van der Waals surface area contributed by atoms with Crippen LogP contribution in [0.3, 0.4) is 0 Å². The smallest absolute Gasteiger partial charge is 0.304 e. The van der Waals surface area contributed by atoms with Crippen molar-refractivity contribution in [1.82, 2.24) is 4.57 Å². The molecule has 2 nitrogen and oxygen atoms in total. The number of hydrogen-bond acceptors (Lipinski definition) is 1. The van der Waals surface area contributed by atoms with Crippen LogP contribution in [0.15, 0.2) is 53.3 Å². The van der Waals surface area contributed by atoms with E-state index in [-0.39, 0.29) is 12.2 Å². The Morgan fingerprint density at radius 2 is 1.77 bits per heavy atom. The summed E-state index contributed by atoms with van der Waals surface area (Å²) in [6, 6.07) is 8.64. The van der Waals surface area contributed by atoms with Crippen molar-refractivity contribution in [2.24, 2.45) is 0 Å². The van der Waals surface area contributed by atoms with E-state index in [4.69, 9.17) is 0 Å². The zero-order valence-electron chi connectivity index (χ0n) is 12.4. The monoisotopic (exact) mass is 307 g/mol. The minimum atomic E-state index is -4.55. The molecule has 0 fully saturated rings. The summed E-state index contributed by atoms with van der Waals surface area (Å²) >= 11 is 0. The SMILES string of the molecule is C=C(C)Cn1c(-c2ccc(C)cc2)cc(C(F)(F)F)cc1=O. The van der Waals surface area contributed by atoms with E-state index in [1.54, 1.807) is 31.2 Å². The van der Waals surface area contributed by atoms with Gasteiger partial charge in [-0.25, -0.2) is 0 Å². The Morgan fingerprint density at radius 1 is 1.18 bits per heavy atom. The average molecular weight is 307 g/mol. The molecule has 0 bridgehead atoms. The van der Waals surface area contributed by atoms with Crippen LogP contribution >= 0.6 is 0 Å². The van der Waals surface area contributed by atoms with E-state index in [1.165, 1.54) is 4.57 Å². The van der Waals surface area contributed by atoms with Crippen molar-refractivity contribution < 1.29 is 13.2 Å². The predicted octanol–water partition coefficient (Wildman–Crippen LogP) is 4.42. The molecule has 0 N–H and O–H groups in total. The fraction of sp³-hybridized carbons (Fsp3) is 0.235. The summed E-state index contributed by atoms with van der Waals surface area (Å²) in [7, 11) is 0. The molecule has 0 unspecified atom stereocenters. The van der Waals surface area contributed by atoms with Crippen LogP contribution in [0.5, 0.6) is 0 Å². The van der Waals surface area contributed by atoms with Crippen molar-refractivity contribution in [3.8, 4) is 11.3 Å². The largest absolute Gasteiger partial charge is 0.416 e. The maximum absolute atomic E-state index is 13.0. The second-order valence-corrected chi connectivity index (χ2v) is 5.37. The fourth-order valence-corrected chi connectivity index (χ4v) is 2.16. The van der Waals surface area contributed by atoms with Gasteiger partial charge in [-0.05, 0) is 25.5 Å². The number of rotatable bonds is 3. The lowest BCUT2D eigenvalue weighted by Gasteiger charge is -2.16. The van der Waals surface area contributed by atoms with Gasteiger partial charge in [-0.15, -0.1) is 0 Å². The summed E-state index contributed by atoms with van der Waals surface area (Å²) in [5, 5.41) is 0. The highest BCUT2D eigenvalue weighted by Crippen LogP contribution is 2.31. The maximum Gasteiger partial charge on any atom is 0.416 e. The van der Waals surface area contributed by atoms with Gasteiger partial charge >= 0.3 is 6.18 Å². The normalized spacial score (nSPS) is 11.5. The predicted molar refractivity (Wildman–Crippen MR) is 80.7 cm³/mol. The molecule has 0 aliphatic heterocycles. The van der Waals surface area contributed by atoms with E-state index >= 15 is 0 Å². The van der Waals surface area contributed by atoms with E-state index in [9.17, 15) is 18.0 Å². The third kappa shape index (κ3) is 3.47. The highest BCUT2D eigenvalue weighted by atomic mass is 19.4. The Hall–Kier alpha value is -2.30. The number of allylic oxidation sites excluding steroid dienone is 1. The van der Waals surface area contributed by atoms with Gasteiger partial charge in [0.25, 0.3) is 5.56 Å². The molecule has 2 rings (SSSR count). The Morgan fingerprint density at radius 3 is 2.27 bits per heavy atom. The Balaban J connectivity index is 2.71. The number of benzene rings is 1. The van der Waals surface area contributed by atoms with Crippen LogP contribution in [0.4, 0.5) is 13.2 Å². The molecule has 0 saturated carbocycles. The minimum absolute atomic E-state index is 0.181. The summed E-state index contributed by atoms with van der Waals surface area (Å²) in [4.78, 5) is 12.1. The van der Waals surface area contributed by atoms with E-state index in [0.717, 1.165) is 11.6 Å². The highest BCUT2D eigenvalue weighted by molar-refractivity contribution is 5.61. The quantitative estimate of drug-likeness (QED) is 0.769. The number of hydrogen-bond donors (Lipinski definition) is 0. The first kappa shape index (κ1) is 16.1.